The zero-order chi connectivity index (χ0) is 17.2. The van der Waals surface area contributed by atoms with Crippen LogP contribution in [0.15, 0.2) is 59.0 Å². The highest BCUT2D eigenvalue weighted by Crippen LogP contribution is 2.30. The number of rotatable bonds is 6. The lowest BCUT2D eigenvalue weighted by Gasteiger charge is -2.08. The number of para-hydroxylation sites is 1. The zero-order valence-corrected chi connectivity index (χ0v) is 14.7. The Kier molecular flexibility index (Phi) is 4.44. The first kappa shape index (κ1) is 16.1. The van der Waals surface area contributed by atoms with Crippen molar-refractivity contribution in [2.75, 3.05) is 13.7 Å². The maximum atomic E-state index is 10.4. The van der Waals surface area contributed by atoms with E-state index in [1.54, 1.807) is 18.4 Å². The van der Waals surface area contributed by atoms with Gasteiger partial charge >= 0.3 is 0 Å². The number of benzene rings is 2. The molecule has 1 atom stereocenters. The summed E-state index contributed by atoms with van der Waals surface area (Å²) in [6.07, 6.45) is -0.531. The van der Waals surface area contributed by atoms with Gasteiger partial charge in [0, 0.05) is 21.5 Å². The second-order valence-corrected chi connectivity index (χ2v) is 7.04. The topological polar surface area (TPSA) is 54.6 Å². The minimum absolute atomic E-state index is 0.473. The van der Waals surface area contributed by atoms with Crippen LogP contribution < -0.4 is 10.1 Å². The molecule has 0 aliphatic carbocycles. The Labute approximate surface area is 149 Å². The van der Waals surface area contributed by atoms with Gasteiger partial charge in [0.25, 0.3) is 0 Å². The molecule has 0 saturated heterocycles. The molecule has 0 aliphatic rings. The molecular weight excluding hydrogens is 334 g/mol. The third-order valence-electron chi connectivity index (χ3n) is 4.19. The predicted octanol–water partition coefficient (Wildman–Crippen LogP) is 4.48. The molecule has 0 aliphatic heterocycles. The van der Waals surface area contributed by atoms with E-state index in [9.17, 15) is 5.11 Å². The third-order valence-corrected chi connectivity index (χ3v) is 5.41. The van der Waals surface area contributed by atoms with Gasteiger partial charge in [0.2, 0.25) is 0 Å². The Balaban J connectivity index is 1.41. The Hall–Kier alpha value is -2.34. The van der Waals surface area contributed by atoms with Crippen LogP contribution in [0.2, 0.25) is 0 Å². The van der Waals surface area contributed by atoms with Gasteiger partial charge in [0.05, 0.1) is 13.7 Å². The molecule has 4 rings (SSSR count). The SMILES string of the molecule is COc1cccc2cc(CNC[C@H](O)c3cc4ccccc4s3)oc12. The fourth-order valence-corrected chi connectivity index (χ4v) is 3.99. The molecule has 0 unspecified atom stereocenters. The van der Waals surface area contributed by atoms with E-state index in [0.717, 1.165) is 27.4 Å². The van der Waals surface area contributed by atoms with E-state index in [2.05, 4.69) is 23.5 Å². The van der Waals surface area contributed by atoms with Crippen molar-refractivity contribution in [1.29, 1.82) is 0 Å². The largest absolute Gasteiger partial charge is 0.493 e. The van der Waals surface area contributed by atoms with Gasteiger partial charge in [-0.15, -0.1) is 11.3 Å². The molecule has 0 spiro atoms. The summed E-state index contributed by atoms with van der Waals surface area (Å²) < 4.78 is 12.4. The van der Waals surface area contributed by atoms with Gasteiger partial charge < -0.3 is 19.6 Å². The molecule has 0 radical (unpaired) electrons. The van der Waals surface area contributed by atoms with Crippen LogP contribution >= 0.6 is 11.3 Å². The van der Waals surface area contributed by atoms with Gasteiger partial charge in [0.1, 0.15) is 11.9 Å². The summed E-state index contributed by atoms with van der Waals surface area (Å²) in [5.41, 5.74) is 0.756. The number of aliphatic hydroxyl groups is 1. The molecule has 0 amide bonds. The van der Waals surface area contributed by atoms with Crippen LogP contribution in [0, 0.1) is 0 Å². The highest BCUT2D eigenvalue weighted by atomic mass is 32.1. The fraction of sp³-hybridized carbons (Fsp3) is 0.200. The lowest BCUT2D eigenvalue weighted by atomic mass is 10.2. The molecule has 2 aromatic carbocycles. The summed E-state index contributed by atoms with van der Waals surface area (Å²) >= 11 is 1.63. The molecule has 2 aromatic heterocycles. The highest BCUT2D eigenvalue weighted by Gasteiger charge is 2.12. The molecule has 2 heterocycles. The van der Waals surface area contributed by atoms with E-state index in [1.807, 2.05) is 36.4 Å². The van der Waals surface area contributed by atoms with Crippen LogP contribution in [0.1, 0.15) is 16.7 Å². The lowest BCUT2D eigenvalue weighted by Crippen LogP contribution is -2.20. The summed E-state index contributed by atoms with van der Waals surface area (Å²) in [6, 6.07) is 18.0. The fourth-order valence-electron chi connectivity index (χ4n) is 2.94. The van der Waals surface area contributed by atoms with Crippen molar-refractivity contribution in [2.24, 2.45) is 0 Å². The lowest BCUT2D eigenvalue weighted by molar-refractivity contribution is 0.177. The average molecular weight is 353 g/mol. The van der Waals surface area contributed by atoms with Crippen molar-refractivity contribution in [3.8, 4) is 5.75 Å². The number of hydrogen-bond acceptors (Lipinski definition) is 5. The van der Waals surface area contributed by atoms with E-state index < -0.39 is 6.10 Å². The number of nitrogens with one attached hydrogen (secondary N) is 1. The van der Waals surface area contributed by atoms with E-state index in [-0.39, 0.29) is 0 Å². The van der Waals surface area contributed by atoms with Crippen molar-refractivity contribution in [3.63, 3.8) is 0 Å². The second-order valence-electron chi connectivity index (χ2n) is 5.92. The summed E-state index contributed by atoms with van der Waals surface area (Å²) in [6.45, 7) is 1.03. The first-order chi connectivity index (χ1) is 12.2. The number of thiophene rings is 1. The summed E-state index contributed by atoms with van der Waals surface area (Å²) in [7, 11) is 1.64. The molecule has 0 bridgehead atoms. The Bertz CT molecular complexity index is 971. The molecule has 4 aromatic rings. The molecule has 4 nitrogen and oxygen atoms in total. The summed E-state index contributed by atoms with van der Waals surface area (Å²) in [5, 5.41) is 15.9. The van der Waals surface area contributed by atoms with E-state index in [0.29, 0.717) is 13.1 Å². The van der Waals surface area contributed by atoms with Gasteiger partial charge in [-0.05, 0) is 29.7 Å². The van der Waals surface area contributed by atoms with Gasteiger partial charge in [-0.25, -0.2) is 0 Å². The molecule has 5 heteroatoms. The van der Waals surface area contributed by atoms with Gasteiger partial charge in [-0.2, -0.15) is 0 Å². The Morgan fingerprint density at radius 2 is 1.96 bits per heavy atom. The van der Waals surface area contributed by atoms with Crippen LogP contribution in [0.4, 0.5) is 0 Å². The normalized spacial score (nSPS) is 12.7. The molecule has 2 N–H and O–H groups in total. The van der Waals surface area contributed by atoms with Gasteiger partial charge in [-0.3, -0.25) is 0 Å². The summed E-state index contributed by atoms with van der Waals surface area (Å²) in [4.78, 5) is 0.972. The van der Waals surface area contributed by atoms with Crippen LogP contribution in [0.3, 0.4) is 0 Å². The molecule has 0 fully saturated rings. The number of furan rings is 1. The first-order valence-corrected chi connectivity index (χ1v) is 8.99. The zero-order valence-electron chi connectivity index (χ0n) is 13.9. The van der Waals surface area contributed by atoms with Crippen molar-refractivity contribution in [2.45, 2.75) is 12.6 Å². The molecule has 128 valence electrons. The van der Waals surface area contributed by atoms with Crippen LogP contribution in [0.5, 0.6) is 5.75 Å². The third kappa shape index (κ3) is 3.26. The highest BCUT2D eigenvalue weighted by molar-refractivity contribution is 7.19. The molecule has 0 saturated carbocycles. The molecule has 25 heavy (non-hydrogen) atoms. The van der Waals surface area contributed by atoms with Crippen LogP contribution in [0.25, 0.3) is 21.1 Å². The Morgan fingerprint density at radius 1 is 1.12 bits per heavy atom. The number of fused-ring (bicyclic) bond motifs is 2. The van der Waals surface area contributed by atoms with Crippen molar-refractivity contribution < 1.29 is 14.3 Å². The van der Waals surface area contributed by atoms with Gasteiger partial charge in [0.15, 0.2) is 11.3 Å². The smallest absolute Gasteiger partial charge is 0.176 e. The number of ether oxygens (including phenoxy) is 1. The van der Waals surface area contributed by atoms with E-state index >= 15 is 0 Å². The maximum absolute atomic E-state index is 10.4. The predicted molar refractivity (Wildman–Crippen MR) is 101 cm³/mol. The number of hydrogen-bond donors (Lipinski definition) is 2. The van der Waals surface area contributed by atoms with Gasteiger partial charge in [-0.1, -0.05) is 30.3 Å². The van der Waals surface area contributed by atoms with Crippen LogP contribution in [-0.4, -0.2) is 18.8 Å². The van der Waals surface area contributed by atoms with E-state index in [1.165, 1.54) is 10.1 Å². The summed E-state index contributed by atoms with van der Waals surface area (Å²) in [5.74, 6) is 1.55. The maximum Gasteiger partial charge on any atom is 0.176 e. The average Bonchev–Trinajstić information content (AvgIpc) is 3.24. The van der Waals surface area contributed by atoms with Crippen molar-refractivity contribution in [3.05, 3.63) is 65.2 Å². The number of aliphatic hydroxyl groups excluding tert-OH is 1. The quantitative estimate of drug-likeness (QED) is 0.537. The minimum Gasteiger partial charge on any atom is -0.493 e. The van der Waals surface area contributed by atoms with Crippen LogP contribution in [-0.2, 0) is 6.54 Å². The number of methoxy groups -OCH3 is 1. The monoisotopic (exact) mass is 353 g/mol. The minimum atomic E-state index is -0.531. The Morgan fingerprint density at radius 3 is 2.80 bits per heavy atom. The van der Waals surface area contributed by atoms with Crippen molar-refractivity contribution >= 4 is 32.4 Å². The standard InChI is InChI=1S/C20H19NO3S/c1-23-17-7-4-6-14-9-15(24-20(14)17)11-21-12-16(22)19-10-13-5-2-3-8-18(13)25-19/h2-10,16,21-22H,11-12H2,1H3/t16-/m0/s1. The first-order valence-electron chi connectivity index (χ1n) is 8.17. The van der Waals surface area contributed by atoms with E-state index in [4.69, 9.17) is 9.15 Å². The molecular formula is C20H19NO3S. The second kappa shape index (κ2) is 6.88. The van der Waals surface area contributed by atoms with Crippen molar-refractivity contribution in [1.82, 2.24) is 5.32 Å².